The topological polar surface area (TPSA) is 96.6 Å². The summed E-state index contributed by atoms with van der Waals surface area (Å²) in [7, 11) is -1.45. The van der Waals surface area contributed by atoms with Crippen LogP contribution in [0, 0.1) is 0 Å². The first-order chi connectivity index (χ1) is 11.9. The molecule has 0 fully saturated rings. The summed E-state index contributed by atoms with van der Waals surface area (Å²) in [6.45, 7) is 3.21. The summed E-state index contributed by atoms with van der Waals surface area (Å²) in [5, 5.41) is 10.3. The highest BCUT2D eigenvalue weighted by atomic mass is 127. The molecule has 2 N–H and O–H groups in total. The van der Waals surface area contributed by atoms with Crippen molar-refractivity contribution in [1.82, 2.24) is 15.8 Å². The van der Waals surface area contributed by atoms with Gasteiger partial charge in [0.2, 0.25) is 0 Å². The number of guanidine groups is 1. The fraction of sp³-hybridized carbons (Fsp3) is 0.412. The summed E-state index contributed by atoms with van der Waals surface area (Å²) < 4.78 is 28.1. The van der Waals surface area contributed by atoms with E-state index in [0.717, 1.165) is 29.9 Å². The van der Waals surface area contributed by atoms with Gasteiger partial charge in [-0.05, 0) is 30.5 Å². The van der Waals surface area contributed by atoms with E-state index in [1.165, 1.54) is 6.26 Å². The zero-order valence-corrected chi connectivity index (χ0v) is 18.3. The Morgan fingerprint density at radius 1 is 1.23 bits per heavy atom. The minimum atomic E-state index is -3.15. The van der Waals surface area contributed by atoms with E-state index in [1.807, 2.05) is 25.1 Å². The van der Waals surface area contributed by atoms with Crippen molar-refractivity contribution in [1.29, 1.82) is 0 Å². The van der Waals surface area contributed by atoms with Crippen LogP contribution in [0.3, 0.4) is 0 Å². The molecule has 0 saturated carbocycles. The molecular formula is C17H25IN4O3S. The molecule has 2 aromatic rings. The Bertz CT molecular complexity index is 817. The van der Waals surface area contributed by atoms with Gasteiger partial charge in [0, 0.05) is 25.9 Å². The first-order valence-corrected chi connectivity index (χ1v) is 9.99. The van der Waals surface area contributed by atoms with Gasteiger partial charge in [-0.15, -0.1) is 24.0 Å². The van der Waals surface area contributed by atoms with Crippen molar-refractivity contribution < 1.29 is 12.9 Å². The van der Waals surface area contributed by atoms with Gasteiger partial charge in [0.05, 0.1) is 17.1 Å². The second-order valence-electron chi connectivity index (χ2n) is 5.66. The quantitative estimate of drug-likeness (QED) is 0.350. The molecule has 0 amide bonds. The van der Waals surface area contributed by atoms with Gasteiger partial charge >= 0.3 is 0 Å². The fourth-order valence-corrected chi connectivity index (χ4v) is 2.86. The number of sulfone groups is 1. The predicted octanol–water partition coefficient (Wildman–Crippen LogP) is 2.17. The van der Waals surface area contributed by atoms with Crippen molar-refractivity contribution in [3.63, 3.8) is 0 Å². The van der Waals surface area contributed by atoms with E-state index >= 15 is 0 Å². The van der Waals surface area contributed by atoms with E-state index in [-0.39, 0.29) is 24.0 Å². The molecule has 0 aliphatic heterocycles. The van der Waals surface area contributed by atoms with Crippen LogP contribution in [-0.2, 0) is 29.2 Å². The minimum Gasteiger partial charge on any atom is -0.359 e. The molecule has 26 heavy (non-hydrogen) atoms. The monoisotopic (exact) mass is 492 g/mol. The van der Waals surface area contributed by atoms with Crippen molar-refractivity contribution in [3.8, 4) is 0 Å². The Kier molecular flexibility index (Phi) is 9.06. The lowest BCUT2D eigenvalue weighted by Gasteiger charge is -2.10. The van der Waals surface area contributed by atoms with Crippen molar-refractivity contribution in [3.05, 3.63) is 47.3 Å². The maximum Gasteiger partial charge on any atom is 0.191 e. The second-order valence-corrected chi connectivity index (χ2v) is 7.67. The highest BCUT2D eigenvalue weighted by molar-refractivity contribution is 14.0. The number of halogens is 1. The molecule has 0 atom stereocenters. The zero-order valence-electron chi connectivity index (χ0n) is 15.2. The number of nitrogens with zero attached hydrogens (tertiary/aromatic N) is 2. The number of nitrogens with one attached hydrogen (secondary N) is 2. The van der Waals surface area contributed by atoms with E-state index in [9.17, 15) is 8.42 Å². The molecule has 1 aromatic carbocycles. The highest BCUT2D eigenvalue weighted by Crippen LogP contribution is 2.10. The maximum atomic E-state index is 11.4. The minimum absolute atomic E-state index is 0. The number of benzene rings is 1. The summed E-state index contributed by atoms with van der Waals surface area (Å²) in [5.41, 5.74) is 1.98. The Morgan fingerprint density at radius 3 is 2.46 bits per heavy atom. The molecule has 0 aliphatic rings. The molecule has 1 heterocycles. The zero-order chi connectivity index (χ0) is 18.3. The average Bonchev–Trinajstić information content (AvgIpc) is 3.05. The van der Waals surface area contributed by atoms with Gasteiger partial charge in [-0.2, -0.15) is 0 Å². The molecule has 0 radical (unpaired) electrons. The molecular weight excluding hydrogens is 467 g/mol. The fourth-order valence-electron chi connectivity index (χ4n) is 2.23. The van der Waals surface area contributed by atoms with Crippen molar-refractivity contribution in [2.75, 3.05) is 19.8 Å². The van der Waals surface area contributed by atoms with Crippen LogP contribution < -0.4 is 10.6 Å². The van der Waals surface area contributed by atoms with E-state index < -0.39 is 9.84 Å². The van der Waals surface area contributed by atoms with Crippen LogP contribution in [0.25, 0.3) is 0 Å². The molecule has 2 rings (SSSR count). The first kappa shape index (κ1) is 22.4. The molecule has 0 spiro atoms. The van der Waals surface area contributed by atoms with Crippen LogP contribution >= 0.6 is 24.0 Å². The number of rotatable bonds is 7. The van der Waals surface area contributed by atoms with Gasteiger partial charge in [-0.25, -0.2) is 8.42 Å². The lowest BCUT2D eigenvalue weighted by atomic mass is 10.1. The number of hydrogen-bond acceptors (Lipinski definition) is 5. The highest BCUT2D eigenvalue weighted by Gasteiger charge is 2.07. The standard InChI is InChI=1S/C17H24N4O3S.HI/c1-4-14-11-15(24-21-14)12-20-17(18-2)19-10-9-13-5-7-16(8-6-13)25(3,22)23;/h5-8,11H,4,9-10,12H2,1-3H3,(H2,18,19,20);1H. The lowest BCUT2D eigenvalue weighted by molar-refractivity contribution is 0.374. The number of hydrogen-bond donors (Lipinski definition) is 2. The summed E-state index contributed by atoms with van der Waals surface area (Å²) in [5.74, 6) is 1.43. The maximum absolute atomic E-state index is 11.4. The summed E-state index contributed by atoms with van der Waals surface area (Å²) in [6, 6.07) is 8.84. The third-order valence-corrected chi connectivity index (χ3v) is 4.81. The normalized spacial score (nSPS) is 11.7. The van der Waals surface area contributed by atoms with Gasteiger partial charge in [0.15, 0.2) is 21.6 Å². The van der Waals surface area contributed by atoms with E-state index in [0.29, 0.717) is 23.9 Å². The number of aromatic nitrogens is 1. The number of aryl methyl sites for hydroxylation is 1. The smallest absolute Gasteiger partial charge is 0.191 e. The van der Waals surface area contributed by atoms with Crippen LogP contribution in [-0.4, -0.2) is 39.4 Å². The third-order valence-electron chi connectivity index (χ3n) is 3.68. The Labute approximate surface area is 171 Å². The van der Waals surface area contributed by atoms with Crippen molar-refractivity contribution in [2.45, 2.75) is 31.2 Å². The average molecular weight is 492 g/mol. The second kappa shape index (κ2) is 10.5. The first-order valence-electron chi connectivity index (χ1n) is 8.10. The summed E-state index contributed by atoms with van der Waals surface area (Å²) >= 11 is 0. The Hall–Kier alpha value is -1.62. The lowest BCUT2D eigenvalue weighted by Crippen LogP contribution is -2.37. The van der Waals surface area contributed by atoms with Crippen LogP contribution in [0.5, 0.6) is 0 Å². The van der Waals surface area contributed by atoms with Crippen molar-refractivity contribution in [2.24, 2.45) is 4.99 Å². The van der Waals surface area contributed by atoms with Crippen molar-refractivity contribution >= 4 is 39.8 Å². The van der Waals surface area contributed by atoms with E-state index in [2.05, 4.69) is 20.8 Å². The molecule has 0 unspecified atom stereocenters. The third kappa shape index (κ3) is 6.94. The molecule has 0 bridgehead atoms. The molecule has 1 aromatic heterocycles. The molecule has 7 nitrogen and oxygen atoms in total. The van der Waals surface area contributed by atoms with Gasteiger partial charge in [0.25, 0.3) is 0 Å². The summed E-state index contributed by atoms with van der Waals surface area (Å²) in [4.78, 5) is 4.49. The van der Waals surface area contributed by atoms with Crippen LogP contribution in [0.2, 0.25) is 0 Å². The Balaban J connectivity index is 0.00000338. The van der Waals surface area contributed by atoms with Crippen LogP contribution in [0.15, 0.2) is 44.7 Å². The largest absolute Gasteiger partial charge is 0.359 e. The van der Waals surface area contributed by atoms with E-state index in [4.69, 9.17) is 4.52 Å². The van der Waals surface area contributed by atoms with Gasteiger partial charge < -0.3 is 15.2 Å². The molecule has 9 heteroatoms. The van der Waals surface area contributed by atoms with Gasteiger partial charge in [-0.3, -0.25) is 4.99 Å². The van der Waals surface area contributed by atoms with Crippen LogP contribution in [0.1, 0.15) is 23.9 Å². The predicted molar refractivity (Wildman–Crippen MR) is 113 cm³/mol. The Morgan fingerprint density at radius 2 is 1.92 bits per heavy atom. The summed E-state index contributed by atoms with van der Waals surface area (Å²) in [6.07, 6.45) is 2.80. The molecule has 0 saturated heterocycles. The van der Waals surface area contributed by atoms with Gasteiger partial charge in [-0.1, -0.05) is 24.2 Å². The van der Waals surface area contributed by atoms with Gasteiger partial charge in [0.1, 0.15) is 0 Å². The SMILES string of the molecule is CCc1cc(CNC(=NC)NCCc2ccc(S(C)(=O)=O)cc2)on1.I. The van der Waals surface area contributed by atoms with Crippen LogP contribution in [0.4, 0.5) is 0 Å². The molecule has 0 aliphatic carbocycles. The number of aliphatic imine (C=N–C) groups is 1. The van der Waals surface area contributed by atoms with E-state index in [1.54, 1.807) is 19.2 Å². The molecule has 144 valence electrons.